The van der Waals surface area contributed by atoms with Crippen LogP contribution in [-0.4, -0.2) is 24.0 Å². The summed E-state index contributed by atoms with van der Waals surface area (Å²) in [5.74, 6) is -2.21. The monoisotopic (exact) mass is 505 g/mol. The molecule has 174 valence electrons. The van der Waals surface area contributed by atoms with E-state index >= 15 is 0 Å². The van der Waals surface area contributed by atoms with Crippen molar-refractivity contribution in [2.45, 2.75) is 0 Å². The standard InChI is InChI=1S/C26H17Cl2N3O4/c27-18-11-12-21(22(28)14-18)26(34)35-19-8-3-5-16(13-19)15-29-31-25(33)24(32)30-23-10-4-7-17-6-1-2-9-20(17)23/h1-15H,(H,30,32)(H,31,33)/b29-15+. The zero-order valence-electron chi connectivity index (χ0n) is 18.0. The van der Waals surface area contributed by atoms with Crippen molar-refractivity contribution in [3.05, 3.63) is 106 Å². The maximum atomic E-state index is 12.4. The SMILES string of the molecule is O=C(N/N=C/c1cccc(OC(=O)c2ccc(Cl)cc2Cl)c1)C(=O)Nc1cccc2ccccc12. The number of hydrogen-bond acceptors (Lipinski definition) is 5. The summed E-state index contributed by atoms with van der Waals surface area (Å²) in [5, 5.41) is 8.71. The molecule has 0 saturated carbocycles. The summed E-state index contributed by atoms with van der Waals surface area (Å²) in [5.41, 5.74) is 3.38. The molecule has 2 amide bonds. The molecule has 0 aliphatic carbocycles. The van der Waals surface area contributed by atoms with Gasteiger partial charge in [-0.15, -0.1) is 0 Å². The van der Waals surface area contributed by atoms with Crippen molar-refractivity contribution < 1.29 is 19.1 Å². The quantitative estimate of drug-likeness (QED) is 0.124. The van der Waals surface area contributed by atoms with Crippen LogP contribution in [0.15, 0.2) is 90.0 Å². The molecule has 4 aromatic carbocycles. The van der Waals surface area contributed by atoms with Crippen LogP contribution in [0.2, 0.25) is 10.0 Å². The number of ether oxygens (including phenoxy) is 1. The summed E-state index contributed by atoms with van der Waals surface area (Å²) in [7, 11) is 0. The Kier molecular flexibility index (Phi) is 7.40. The van der Waals surface area contributed by atoms with Gasteiger partial charge in [-0.2, -0.15) is 5.10 Å². The van der Waals surface area contributed by atoms with Crippen molar-refractivity contribution in [3.8, 4) is 5.75 Å². The summed E-state index contributed by atoms with van der Waals surface area (Å²) in [6.45, 7) is 0. The number of carbonyl (C=O) groups excluding carboxylic acids is 3. The van der Waals surface area contributed by atoms with E-state index in [1.54, 1.807) is 30.3 Å². The van der Waals surface area contributed by atoms with Gasteiger partial charge in [0.15, 0.2) is 0 Å². The topological polar surface area (TPSA) is 96.9 Å². The van der Waals surface area contributed by atoms with Crippen molar-refractivity contribution in [1.82, 2.24) is 5.43 Å². The molecule has 0 aromatic heterocycles. The molecule has 0 bridgehead atoms. The highest BCUT2D eigenvalue weighted by atomic mass is 35.5. The summed E-state index contributed by atoms with van der Waals surface area (Å²) in [4.78, 5) is 36.8. The van der Waals surface area contributed by atoms with Gasteiger partial charge in [0.1, 0.15) is 5.75 Å². The van der Waals surface area contributed by atoms with Crippen LogP contribution in [0.3, 0.4) is 0 Å². The molecular weight excluding hydrogens is 489 g/mol. The van der Waals surface area contributed by atoms with Crippen LogP contribution in [0.4, 0.5) is 5.69 Å². The Labute approximate surface area is 210 Å². The molecule has 9 heteroatoms. The van der Waals surface area contributed by atoms with Gasteiger partial charge in [0.25, 0.3) is 0 Å². The van der Waals surface area contributed by atoms with Crippen LogP contribution < -0.4 is 15.5 Å². The second-order valence-electron chi connectivity index (χ2n) is 7.27. The Morgan fingerprint density at radius 1 is 0.829 bits per heavy atom. The van der Waals surface area contributed by atoms with Crippen molar-refractivity contribution >= 4 is 63.7 Å². The molecule has 4 rings (SSSR count). The van der Waals surface area contributed by atoms with Gasteiger partial charge in [-0.25, -0.2) is 10.2 Å². The van der Waals surface area contributed by atoms with Crippen molar-refractivity contribution in [1.29, 1.82) is 0 Å². The molecule has 7 nitrogen and oxygen atoms in total. The third-order valence-corrected chi connectivity index (χ3v) is 5.39. The van der Waals surface area contributed by atoms with Gasteiger partial charge in [-0.05, 0) is 47.3 Å². The average molecular weight is 506 g/mol. The van der Waals surface area contributed by atoms with E-state index in [2.05, 4.69) is 15.8 Å². The number of benzene rings is 4. The van der Waals surface area contributed by atoms with E-state index < -0.39 is 17.8 Å². The summed E-state index contributed by atoms with van der Waals surface area (Å²) >= 11 is 11.9. The van der Waals surface area contributed by atoms with E-state index in [0.717, 1.165) is 10.8 Å². The molecule has 0 unspecified atom stereocenters. The van der Waals surface area contributed by atoms with Crippen LogP contribution in [0, 0.1) is 0 Å². The molecule has 0 aliphatic heterocycles. The minimum atomic E-state index is -0.936. The summed E-state index contributed by atoms with van der Waals surface area (Å²) < 4.78 is 5.35. The largest absolute Gasteiger partial charge is 0.423 e. The van der Waals surface area contributed by atoms with Gasteiger partial charge in [0.05, 0.1) is 16.8 Å². The number of fused-ring (bicyclic) bond motifs is 1. The fraction of sp³-hybridized carbons (Fsp3) is 0. The number of hydrazone groups is 1. The molecule has 0 fully saturated rings. The predicted octanol–water partition coefficient (Wildman–Crippen LogP) is 5.45. The van der Waals surface area contributed by atoms with E-state index in [0.29, 0.717) is 16.3 Å². The minimum absolute atomic E-state index is 0.166. The fourth-order valence-corrected chi connectivity index (χ4v) is 3.69. The summed E-state index contributed by atoms with van der Waals surface area (Å²) in [6.07, 6.45) is 1.32. The molecule has 2 N–H and O–H groups in total. The first kappa shape index (κ1) is 23.9. The van der Waals surface area contributed by atoms with Crippen molar-refractivity contribution in [2.75, 3.05) is 5.32 Å². The second-order valence-corrected chi connectivity index (χ2v) is 8.11. The van der Waals surface area contributed by atoms with Gasteiger partial charge < -0.3 is 10.1 Å². The van der Waals surface area contributed by atoms with E-state index in [1.165, 1.54) is 30.5 Å². The number of halogens is 2. The molecule has 4 aromatic rings. The molecule has 35 heavy (non-hydrogen) atoms. The van der Waals surface area contributed by atoms with E-state index in [1.807, 2.05) is 30.3 Å². The van der Waals surface area contributed by atoms with Crippen LogP contribution in [0.5, 0.6) is 5.75 Å². The maximum Gasteiger partial charge on any atom is 0.345 e. The normalized spacial score (nSPS) is 10.8. The number of amides is 2. The number of nitrogens with one attached hydrogen (secondary N) is 2. The van der Waals surface area contributed by atoms with E-state index in [9.17, 15) is 14.4 Å². The molecule has 0 radical (unpaired) electrons. The van der Waals surface area contributed by atoms with Gasteiger partial charge in [0.2, 0.25) is 0 Å². The fourth-order valence-electron chi connectivity index (χ4n) is 3.21. The van der Waals surface area contributed by atoms with Crippen LogP contribution in [0.1, 0.15) is 15.9 Å². The average Bonchev–Trinajstić information content (AvgIpc) is 2.84. The van der Waals surface area contributed by atoms with Crippen LogP contribution >= 0.6 is 23.2 Å². The Hall–Kier alpha value is -4.20. The Morgan fingerprint density at radius 2 is 1.60 bits per heavy atom. The minimum Gasteiger partial charge on any atom is -0.423 e. The Bertz CT molecular complexity index is 1460. The first-order valence-corrected chi connectivity index (χ1v) is 11.1. The number of nitrogens with zero attached hydrogens (tertiary/aromatic N) is 1. The highest BCUT2D eigenvalue weighted by Crippen LogP contribution is 2.24. The smallest absolute Gasteiger partial charge is 0.345 e. The first-order valence-electron chi connectivity index (χ1n) is 10.3. The van der Waals surface area contributed by atoms with Gasteiger partial charge >= 0.3 is 17.8 Å². The lowest BCUT2D eigenvalue weighted by Crippen LogP contribution is -2.32. The number of hydrogen-bond donors (Lipinski definition) is 2. The van der Waals surface area contributed by atoms with Crippen LogP contribution in [0.25, 0.3) is 10.8 Å². The lowest BCUT2D eigenvalue weighted by molar-refractivity contribution is -0.136. The number of rotatable bonds is 5. The molecule has 0 heterocycles. The lowest BCUT2D eigenvalue weighted by Gasteiger charge is -2.08. The third kappa shape index (κ3) is 6.03. The highest BCUT2D eigenvalue weighted by Gasteiger charge is 2.15. The summed E-state index contributed by atoms with van der Waals surface area (Å²) in [6, 6.07) is 23.8. The number of carbonyl (C=O) groups is 3. The Morgan fingerprint density at radius 3 is 2.43 bits per heavy atom. The number of anilines is 1. The van der Waals surface area contributed by atoms with Crippen molar-refractivity contribution in [2.24, 2.45) is 5.10 Å². The maximum absolute atomic E-state index is 12.4. The zero-order valence-corrected chi connectivity index (χ0v) is 19.5. The second kappa shape index (κ2) is 10.8. The third-order valence-electron chi connectivity index (χ3n) is 4.84. The Balaban J connectivity index is 1.36. The molecule has 0 atom stereocenters. The van der Waals surface area contributed by atoms with Gasteiger partial charge in [0, 0.05) is 16.1 Å². The first-order chi connectivity index (χ1) is 16.9. The molecule has 0 saturated heterocycles. The molecular formula is C26H17Cl2N3O4. The highest BCUT2D eigenvalue weighted by molar-refractivity contribution is 6.40. The van der Waals surface area contributed by atoms with Crippen LogP contribution in [-0.2, 0) is 9.59 Å². The van der Waals surface area contributed by atoms with E-state index in [4.69, 9.17) is 27.9 Å². The molecule has 0 spiro atoms. The predicted molar refractivity (Wildman–Crippen MR) is 136 cm³/mol. The molecule has 0 aliphatic rings. The van der Waals surface area contributed by atoms with E-state index in [-0.39, 0.29) is 16.3 Å². The van der Waals surface area contributed by atoms with Crippen molar-refractivity contribution in [3.63, 3.8) is 0 Å². The van der Waals surface area contributed by atoms with Gasteiger partial charge in [-0.3, -0.25) is 9.59 Å². The lowest BCUT2D eigenvalue weighted by atomic mass is 10.1. The zero-order chi connectivity index (χ0) is 24.8. The van der Waals surface area contributed by atoms with Gasteiger partial charge in [-0.1, -0.05) is 71.7 Å². The number of esters is 1.